The van der Waals surface area contributed by atoms with Crippen LogP contribution >= 0.6 is 0 Å². The zero-order valence-corrected chi connectivity index (χ0v) is 12.2. The van der Waals surface area contributed by atoms with Crippen LogP contribution in [0.5, 0.6) is 5.75 Å². The Morgan fingerprint density at radius 2 is 1.95 bits per heavy atom. The second kappa shape index (κ2) is 6.20. The van der Waals surface area contributed by atoms with Crippen LogP contribution in [0.3, 0.4) is 0 Å². The van der Waals surface area contributed by atoms with Crippen LogP contribution in [0.1, 0.15) is 19.3 Å². The molecule has 3 rings (SSSR count). The van der Waals surface area contributed by atoms with Crippen molar-refractivity contribution in [2.75, 3.05) is 31.1 Å². The van der Waals surface area contributed by atoms with Crippen LogP contribution < -0.4 is 4.90 Å². The van der Waals surface area contributed by atoms with Gasteiger partial charge in [0.1, 0.15) is 5.75 Å². The van der Waals surface area contributed by atoms with E-state index >= 15 is 0 Å². The van der Waals surface area contributed by atoms with Crippen LogP contribution in [0.15, 0.2) is 36.4 Å². The first-order valence-electron chi connectivity index (χ1n) is 7.71. The van der Waals surface area contributed by atoms with Gasteiger partial charge in [-0.3, -0.25) is 4.79 Å². The van der Waals surface area contributed by atoms with Crippen molar-refractivity contribution in [3.63, 3.8) is 0 Å². The maximum Gasteiger partial charge on any atom is 0.223 e. The van der Waals surface area contributed by atoms with Crippen LogP contribution in [-0.2, 0) is 4.79 Å². The fourth-order valence-corrected chi connectivity index (χ4v) is 3.15. The number of benzene rings is 1. The SMILES string of the molecule is O=C(CC1C=CCC1)N1CCN(c2ccccc2O)CC1. The third kappa shape index (κ3) is 3.20. The molecule has 0 saturated carbocycles. The smallest absolute Gasteiger partial charge is 0.223 e. The largest absolute Gasteiger partial charge is 0.506 e. The maximum absolute atomic E-state index is 12.3. The Labute approximate surface area is 125 Å². The molecule has 21 heavy (non-hydrogen) atoms. The summed E-state index contributed by atoms with van der Waals surface area (Å²) in [7, 11) is 0. The van der Waals surface area contributed by atoms with Crippen LogP contribution in [0.25, 0.3) is 0 Å². The number of hydrogen-bond donors (Lipinski definition) is 1. The molecule has 0 radical (unpaired) electrons. The molecule has 4 heteroatoms. The van der Waals surface area contributed by atoms with E-state index in [0.29, 0.717) is 18.1 Å². The molecule has 0 bridgehead atoms. The lowest BCUT2D eigenvalue weighted by atomic mass is 10.0. The van der Waals surface area contributed by atoms with Gasteiger partial charge in [0, 0.05) is 32.6 Å². The summed E-state index contributed by atoms with van der Waals surface area (Å²) in [4.78, 5) is 16.4. The minimum absolute atomic E-state index is 0.267. The summed E-state index contributed by atoms with van der Waals surface area (Å²) in [5.41, 5.74) is 0.864. The Bertz CT molecular complexity index is 533. The van der Waals surface area contributed by atoms with Crippen molar-refractivity contribution in [3.8, 4) is 5.75 Å². The van der Waals surface area contributed by atoms with Gasteiger partial charge >= 0.3 is 0 Å². The van der Waals surface area contributed by atoms with Crippen LogP contribution in [-0.4, -0.2) is 42.1 Å². The zero-order chi connectivity index (χ0) is 14.7. The fourth-order valence-electron chi connectivity index (χ4n) is 3.15. The van der Waals surface area contributed by atoms with E-state index in [9.17, 15) is 9.90 Å². The molecule has 0 spiro atoms. The number of piperazine rings is 1. The summed E-state index contributed by atoms with van der Waals surface area (Å²) in [5.74, 6) is 1.02. The number of amides is 1. The van der Waals surface area contributed by atoms with Gasteiger partial charge in [-0.2, -0.15) is 0 Å². The molecule has 1 unspecified atom stereocenters. The monoisotopic (exact) mass is 286 g/mol. The van der Waals surface area contributed by atoms with Crippen molar-refractivity contribution >= 4 is 11.6 Å². The van der Waals surface area contributed by atoms with Crippen molar-refractivity contribution < 1.29 is 9.90 Å². The highest BCUT2D eigenvalue weighted by atomic mass is 16.3. The highest BCUT2D eigenvalue weighted by Gasteiger charge is 2.24. The number of carbonyl (C=O) groups is 1. The molecule has 1 N–H and O–H groups in total. The Morgan fingerprint density at radius 3 is 2.62 bits per heavy atom. The molecule has 1 aliphatic carbocycles. The molecule has 112 valence electrons. The number of phenolic OH excluding ortho intramolecular Hbond substituents is 1. The minimum Gasteiger partial charge on any atom is -0.506 e. The number of carbonyl (C=O) groups excluding carboxylic acids is 1. The van der Waals surface area contributed by atoms with E-state index in [2.05, 4.69) is 17.1 Å². The molecule has 1 heterocycles. The van der Waals surface area contributed by atoms with E-state index in [1.54, 1.807) is 6.07 Å². The van der Waals surface area contributed by atoms with Gasteiger partial charge in [-0.1, -0.05) is 24.3 Å². The predicted octanol–water partition coefficient (Wildman–Crippen LogP) is 2.40. The van der Waals surface area contributed by atoms with E-state index in [0.717, 1.165) is 44.7 Å². The van der Waals surface area contributed by atoms with Gasteiger partial charge in [0.05, 0.1) is 5.69 Å². The van der Waals surface area contributed by atoms with Crippen LogP contribution in [0.4, 0.5) is 5.69 Å². The number of para-hydroxylation sites is 2. The van der Waals surface area contributed by atoms with Crippen LogP contribution in [0.2, 0.25) is 0 Å². The molecule has 1 saturated heterocycles. The molecule has 0 aromatic heterocycles. The highest BCUT2D eigenvalue weighted by Crippen LogP contribution is 2.27. The summed E-state index contributed by atoms with van der Waals surface area (Å²) in [5, 5.41) is 9.90. The van der Waals surface area contributed by atoms with E-state index in [1.807, 2.05) is 23.1 Å². The normalized spacial score (nSPS) is 21.8. The minimum atomic E-state index is 0.267. The Hall–Kier alpha value is -1.97. The quantitative estimate of drug-likeness (QED) is 0.868. The second-order valence-electron chi connectivity index (χ2n) is 5.83. The lowest BCUT2D eigenvalue weighted by Gasteiger charge is -2.36. The molecular weight excluding hydrogens is 264 g/mol. The third-order valence-electron chi connectivity index (χ3n) is 4.40. The summed E-state index contributed by atoms with van der Waals surface area (Å²) >= 11 is 0. The average molecular weight is 286 g/mol. The molecule has 1 fully saturated rings. The number of nitrogens with zero attached hydrogens (tertiary/aromatic N) is 2. The molecule has 4 nitrogen and oxygen atoms in total. The first kappa shape index (κ1) is 14.0. The zero-order valence-electron chi connectivity index (χ0n) is 12.2. The molecule has 1 amide bonds. The van der Waals surface area contributed by atoms with Crippen LogP contribution in [0, 0.1) is 5.92 Å². The van der Waals surface area contributed by atoms with E-state index in [-0.39, 0.29) is 5.91 Å². The standard InChI is InChI=1S/C17H22N2O2/c20-16-8-4-3-7-15(16)18-9-11-19(12-10-18)17(21)13-14-5-1-2-6-14/h1,3-5,7-8,14,20H,2,6,9-13H2. The van der Waals surface area contributed by atoms with E-state index in [4.69, 9.17) is 0 Å². The Balaban J connectivity index is 1.54. The van der Waals surface area contributed by atoms with Gasteiger partial charge < -0.3 is 14.9 Å². The summed E-state index contributed by atoms with van der Waals surface area (Å²) < 4.78 is 0. The molecule has 1 atom stereocenters. The first-order chi connectivity index (χ1) is 10.2. The molecule has 1 aromatic carbocycles. The third-order valence-corrected chi connectivity index (χ3v) is 4.40. The van der Waals surface area contributed by atoms with Gasteiger partial charge in [-0.15, -0.1) is 0 Å². The van der Waals surface area contributed by atoms with E-state index in [1.165, 1.54) is 0 Å². The predicted molar refractivity (Wildman–Crippen MR) is 83.4 cm³/mol. The Morgan fingerprint density at radius 1 is 1.19 bits per heavy atom. The lowest BCUT2D eigenvalue weighted by Crippen LogP contribution is -2.49. The van der Waals surface area contributed by atoms with Gasteiger partial charge in [0.2, 0.25) is 5.91 Å². The first-order valence-corrected chi connectivity index (χ1v) is 7.71. The summed E-state index contributed by atoms with van der Waals surface area (Å²) in [6.45, 7) is 3.04. The van der Waals surface area contributed by atoms with Gasteiger partial charge in [0.15, 0.2) is 0 Å². The molecule has 1 aromatic rings. The second-order valence-corrected chi connectivity index (χ2v) is 5.83. The maximum atomic E-state index is 12.3. The van der Waals surface area contributed by atoms with E-state index < -0.39 is 0 Å². The molecular formula is C17H22N2O2. The highest BCUT2D eigenvalue weighted by molar-refractivity contribution is 5.77. The number of allylic oxidation sites excluding steroid dienone is 2. The number of phenols is 1. The number of anilines is 1. The van der Waals surface area contributed by atoms with Crippen molar-refractivity contribution in [2.24, 2.45) is 5.92 Å². The number of rotatable bonds is 3. The topological polar surface area (TPSA) is 43.8 Å². The van der Waals surface area contributed by atoms with Gasteiger partial charge in [-0.25, -0.2) is 0 Å². The van der Waals surface area contributed by atoms with Gasteiger partial charge in [0.25, 0.3) is 0 Å². The molecule has 1 aliphatic heterocycles. The summed E-state index contributed by atoms with van der Waals surface area (Å²) in [6.07, 6.45) is 7.22. The lowest BCUT2D eigenvalue weighted by molar-refractivity contribution is -0.132. The van der Waals surface area contributed by atoms with Gasteiger partial charge in [-0.05, 0) is 30.9 Å². The number of aromatic hydroxyl groups is 1. The summed E-state index contributed by atoms with van der Waals surface area (Å²) in [6, 6.07) is 7.39. The molecule has 2 aliphatic rings. The van der Waals surface area contributed by atoms with Crippen molar-refractivity contribution in [1.29, 1.82) is 0 Å². The Kier molecular flexibility index (Phi) is 4.13. The average Bonchev–Trinajstić information content (AvgIpc) is 3.01. The fraction of sp³-hybridized carbons (Fsp3) is 0.471. The number of hydrogen-bond acceptors (Lipinski definition) is 3. The van der Waals surface area contributed by atoms with Crippen molar-refractivity contribution in [1.82, 2.24) is 4.90 Å². The van der Waals surface area contributed by atoms with Crippen molar-refractivity contribution in [3.05, 3.63) is 36.4 Å². The van der Waals surface area contributed by atoms with Crippen molar-refractivity contribution in [2.45, 2.75) is 19.3 Å².